The predicted molar refractivity (Wildman–Crippen MR) is 76.0 cm³/mol. The number of hydrogen-bond acceptors (Lipinski definition) is 4. The summed E-state index contributed by atoms with van der Waals surface area (Å²) in [6, 6.07) is -0.131. The van der Waals surface area contributed by atoms with E-state index in [9.17, 15) is 4.79 Å². The normalized spacial score (nSPS) is 23.9. The fourth-order valence-corrected chi connectivity index (χ4v) is 3.88. The minimum Gasteiger partial charge on any atom is -0.354 e. The first-order valence-corrected chi connectivity index (χ1v) is 8.08. The molecule has 0 aliphatic carbocycles. The van der Waals surface area contributed by atoms with Crippen LogP contribution in [-0.4, -0.2) is 40.0 Å². The molecule has 1 fully saturated rings. The van der Waals surface area contributed by atoms with E-state index in [1.807, 2.05) is 11.8 Å². The Balaban J connectivity index is 1.48. The SMILES string of the molecule is O=C(NCC1CCSCC1)C1Cc2nc[nH]c2CN1. The van der Waals surface area contributed by atoms with Crippen molar-refractivity contribution < 1.29 is 4.79 Å². The van der Waals surface area contributed by atoms with Gasteiger partial charge in [0.15, 0.2) is 0 Å². The van der Waals surface area contributed by atoms with Gasteiger partial charge in [0.25, 0.3) is 0 Å². The van der Waals surface area contributed by atoms with Gasteiger partial charge in [0.1, 0.15) is 0 Å². The Bertz CT molecular complexity index is 442. The quantitative estimate of drug-likeness (QED) is 0.762. The van der Waals surface area contributed by atoms with Crippen molar-refractivity contribution in [3.63, 3.8) is 0 Å². The molecule has 0 bridgehead atoms. The first-order valence-electron chi connectivity index (χ1n) is 6.93. The number of rotatable bonds is 3. The Labute approximate surface area is 117 Å². The van der Waals surface area contributed by atoms with Gasteiger partial charge in [-0.3, -0.25) is 10.1 Å². The molecule has 104 valence electrons. The van der Waals surface area contributed by atoms with Crippen LogP contribution in [0.25, 0.3) is 0 Å². The van der Waals surface area contributed by atoms with E-state index < -0.39 is 0 Å². The molecule has 2 aliphatic rings. The Morgan fingerprint density at radius 2 is 2.32 bits per heavy atom. The third-order valence-corrected chi connectivity index (χ3v) is 5.00. The van der Waals surface area contributed by atoms with Crippen LogP contribution in [0.4, 0.5) is 0 Å². The van der Waals surface area contributed by atoms with Crippen LogP contribution >= 0.6 is 11.8 Å². The summed E-state index contributed by atoms with van der Waals surface area (Å²) in [7, 11) is 0. The number of carbonyl (C=O) groups is 1. The summed E-state index contributed by atoms with van der Waals surface area (Å²) in [5.41, 5.74) is 2.13. The summed E-state index contributed by atoms with van der Waals surface area (Å²) < 4.78 is 0. The lowest BCUT2D eigenvalue weighted by atomic mass is 10.0. The van der Waals surface area contributed by atoms with E-state index in [-0.39, 0.29) is 11.9 Å². The summed E-state index contributed by atoms with van der Waals surface area (Å²) in [5.74, 6) is 3.25. The van der Waals surface area contributed by atoms with E-state index in [2.05, 4.69) is 20.6 Å². The molecule has 1 atom stereocenters. The maximum atomic E-state index is 12.2. The highest BCUT2D eigenvalue weighted by molar-refractivity contribution is 7.99. The van der Waals surface area contributed by atoms with Gasteiger partial charge in [-0.2, -0.15) is 11.8 Å². The second-order valence-corrected chi connectivity index (χ2v) is 6.49. The average Bonchev–Trinajstić information content (AvgIpc) is 2.93. The highest BCUT2D eigenvalue weighted by Crippen LogP contribution is 2.22. The van der Waals surface area contributed by atoms with Crippen molar-refractivity contribution in [3.05, 3.63) is 17.7 Å². The Morgan fingerprint density at radius 1 is 1.47 bits per heavy atom. The van der Waals surface area contributed by atoms with Gasteiger partial charge >= 0.3 is 0 Å². The summed E-state index contributed by atoms with van der Waals surface area (Å²) in [6.45, 7) is 1.53. The largest absolute Gasteiger partial charge is 0.354 e. The number of thioether (sulfide) groups is 1. The van der Waals surface area contributed by atoms with E-state index in [1.54, 1.807) is 6.33 Å². The number of carbonyl (C=O) groups excluding carboxylic acids is 1. The van der Waals surface area contributed by atoms with Crippen LogP contribution in [0.1, 0.15) is 24.2 Å². The first-order chi connectivity index (χ1) is 9.33. The number of fused-ring (bicyclic) bond motifs is 1. The highest BCUT2D eigenvalue weighted by atomic mass is 32.2. The third kappa shape index (κ3) is 3.12. The van der Waals surface area contributed by atoms with Gasteiger partial charge in [-0.05, 0) is 30.3 Å². The van der Waals surface area contributed by atoms with Gasteiger partial charge in [-0.15, -0.1) is 0 Å². The second kappa shape index (κ2) is 5.96. The molecule has 0 saturated carbocycles. The van der Waals surface area contributed by atoms with Crippen molar-refractivity contribution in [2.24, 2.45) is 5.92 Å². The van der Waals surface area contributed by atoms with E-state index in [0.717, 1.165) is 17.9 Å². The zero-order valence-electron chi connectivity index (χ0n) is 10.9. The van der Waals surface area contributed by atoms with Crippen LogP contribution in [0, 0.1) is 5.92 Å². The fraction of sp³-hybridized carbons (Fsp3) is 0.692. The molecule has 2 aliphatic heterocycles. The van der Waals surface area contributed by atoms with Gasteiger partial charge in [-0.1, -0.05) is 0 Å². The maximum Gasteiger partial charge on any atom is 0.237 e. The van der Waals surface area contributed by atoms with Crippen molar-refractivity contribution in [2.45, 2.75) is 31.8 Å². The van der Waals surface area contributed by atoms with Crippen LogP contribution in [0.2, 0.25) is 0 Å². The van der Waals surface area contributed by atoms with Crippen molar-refractivity contribution in [1.82, 2.24) is 20.6 Å². The first kappa shape index (κ1) is 13.0. The molecule has 0 radical (unpaired) electrons. The monoisotopic (exact) mass is 280 g/mol. The maximum absolute atomic E-state index is 12.2. The van der Waals surface area contributed by atoms with Gasteiger partial charge in [0.2, 0.25) is 5.91 Å². The number of amides is 1. The molecule has 6 heteroatoms. The molecule has 0 spiro atoms. The molecule has 3 rings (SSSR count). The van der Waals surface area contributed by atoms with Gasteiger partial charge < -0.3 is 10.3 Å². The lowest BCUT2D eigenvalue weighted by Gasteiger charge is -2.25. The minimum absolute atomic E-state index is 0.117. The standard InChI is InChI=1S/C13H20N4OS/c18-13(15-6-9-1-3-19-4-2-9)11-5-10-12(7-14-11)17-8-16-10/h8-9,11,14H,1-7H2,(H,15,18)(H,16,17). The highest BCUT2D eigenvalue weighted by Gasteiger charge is 2.26. The van der Waals surface area contributed by atoms with Crippen molar-refractivity contribution in [3.8, 4) is 0 Å². The van der Waals surface area contributed by atoms with Gasteiger partial charge in [0.05, 0.1) is 23.8 Å². The molecule has 3 heterocycles. The number of nitrogens with one attached hydrogen (secondary N) is 3. The second-order valence-electron chi connectivity index (χ2n) is 5.27. The van der Waals surface area contributed by atoms with E-state index in [0.29, 0.717) is 18.9 Å². The summed E-state index contributed by atoms with van der Waals surface area (Å²) in [6.07, 6.45) is 4.84. The van der Waals surface area contributed by atoms with E-state index in [1.165, 1.54) is 24.3 Å². The molecule has 1 amide bonds. The van der Waals surface area contributed by atoms with Crippen LogP contribution in [0.5, 0.6) is 0 Å². The number of H-pyrrole nitrogens is 1. The van der Waals surface area contributed by atoms with Gasteiger partial charge in [-0.25, -0.2) is 4.98 Å². The molecular formula is C13H20N4OS. The molecule has 1 aromatic rings. The van der Waals surface area contributed by atoms with Crippen LogP contribution < -0.4 is 10.6 Å². The number of imidazole rings is 1. The Hall–Kier alpha value is -1.01. The molecule has 5 nitrogen and oxygen atoms in total. The van der Waals surface area contributed by atoms with Crippen LogP contribution in [0.15, 0.2) is 6.33 Å². The lowest BCUT2D eigenvalue weighted by Crippen LogP contribution is -2.48. The Morgan fingerprint density at radius 3 is 3.16 bits per heavy atom. The molecule has 1 saturated heterocycles. The number of hydrogen-bond donors (Lipinski definition) is 3. The zero-order chi connectivity index (χ0) is 13.1. The number of aromatic amines is 1. The summed E-state index contributed by atoms with van der Waals surface area (Å²) in [5, 5.41) is 6.36. The average molecular weight is 280 g/mol. The smallest absolute Gasteiger partial charge is 0.237 e. The molecular weight excluding hydrogens is 260 g/mol. The molecule has 1 aromatic heterocycles. The third-order valence-electron chi connectivity index (χ3n) is 3.95. The number of nitrogens with zero attached hydrogens (tertiary/aromatic N) is 1. The van der Waals surface area contributed by atoms with E-state index in [4.69, 9.17) is 0 Å². The molecule has 0 aromatic carbocycles. The minimum atomic E-state index is -0.131. The zero-order valence-corrected chi connectivity index (χ0v) is 11.8. The van der Waals surface area contributed by atoms with Crippen molar-refractivity contribution in [2.75, 3.05) is 18.1 Å². The Kier molecular flexibility index (Phi) is 4.08. The predicted octanol–water partition coefficient (Wildman–Crippen LogP) is 0.683. The molecule has 1 unspecified atom stereocenters. The lowest BCUT2D eigenvalue weighted by molar-refractivity contribution is -0.123. The van der Waals surface area contributed by atoms with E-state index >= 15 is 0 Å². The van der Waals surface area contributed by atoms with Crippen molar-refractivity contribution in [1.29, 1.82) is 0 Å². The summed E-state index contributed by atoms with van der Waals surface area (Å²) in [4.78, 5) is 19.5. The van der Waals surface area contributed by atoms with Crippen LogP contribution in [0.3, 0.4) is 0 Å². The fourth-order valence-electron chi connectivity index (χ4n) is 2.67. The summed E-state index contributed by atoms with van der Waals surface area (Å²) >= 11 is 2.02. The van der Waals surface area contributed by atoms with Gasteiger partial charge in [0, 0.05) is 19.5 Å². The number of aromatic nitrogens is 2. The molecule has 19 heavy (non-hydrogen) atoms. The van der Waals surface area contributed by atoms with Crippen molar-refractivity contribution >= 4 is 17.7 Å². The molecule has 3 N–H and O–H groups in total. The van der Waals surface area contributed by atoms with Crippen LogP contribution in [-0.2, 0) is 17.8 Å². The topological polar surface area (TPSA) is 69.8 Å².